The molecule has 7 rings (SSSR count). The van der Waals surface area contributed by atoms with Crippen molar-refractivity contribution in [2.75, 3.05) is 0 Å². The number of ketones is 1. The van der Waals surface area contributed by atoms with Crippen LogP contribution in [0.15, 0.2) is 36.4 Å². The van der Waals surface area contributed by atoms with E-state index in [1.165, 1.54) is 36.4 Å². The van der Waals surface area contributed by atoms with Crippen LogP contribution in [0, 0.1) is 58.2 Å². The number of nitrogens with one attached hydrogen (secondary N) is 2. The molecule has 248 valence electrons. The first-order chi connectivity index (χ1) is 23.1. The van der Waals surface area contributed by atoms with E-state index < -0.39 is 103 Å². The highest BCUT2D eigenvalue weighted by Crippen LogP contribution is 2.41. The fraction of sp³-hybridized carbons (Fsp3) is 0.0882. The lowest BCUT2D eigenvalue weighted by molar-refractivity contribution is 0.0919. The summed E-state index contributed by atoms with van der Waals surface area (Å²) in [5, 5.41) is 0. The summed E-state index contributed by atoms with van der Waals surface area (Å²) in [7, 11) is 0. The molecule has 5 aromatic rings. The lowest BCUT2D eigenvalue weighted by Crippen LogP contribution is -2.23. The van der Waals surface area contributed by atoms with Crippen LogP contribution in [0.5, 0.6) is 0 Å². The fourth-order valence-corrected chi connectivity index (χ4v) is 5.74. The van der Waals surface area contributed by atoms with Gasteiger partial charge in [-0.25, -0.2) is 53.9 Å². The molecule has 0 spiro atoms. The molecule has 2 aliphatic heterocycles. The van der Waals surface area contributed by atoms with Crippen LogP contribution < -0.4 is 0 Å². The fourth-order valence-electron chi connectivity index (χ4n) is 5.74. The van der Waals surface area contributed by atoms with Gasteiger partial charge < -0.3 is 9.97 Å². The Balaban J connectivity index is 1.73. The number of aromatic amines is 2. The van der Waals surface area contributed by atoms with Crippen LogP contribution in [0.25, 0.3) is 56.5 Å². The van der Waals surface area contributed by atoms with Crippen LogP contribution in [-0.2, 0) is 5.41 Å². The number of nitrogens with zero attached hydrogens (tertiary/aromatic N) is 2. The summed E-state index contributed by atoms with van der Waals surface area (Å²) in [6, 6.07) is 7.80. The Morgan fingerprint density at radius 1 is 0.510 bits per heavy atom. The number of carbonyl (C=O) groups excluding carboxylic acids is 1. The number of halogens is 10. The molecule has 2 aliphatic rings. The van der Waals surface area contributed by atoms with Crippen molar-refractivity contribution in [2.45, 2.75) is 19.3 Å². The molecular weight excluding hydrogens is 670 g/mol. The predicted octanol–water partition coefficient (Wildman–Crippen LogP) is 9.37. The average molecular weight is 687 g/mol. The molecule has 3 aromatic heterocycles. The van der Waals surface area contributed by atoms with Crippen molar-refractivity contribution in [1.82, 2.24) is 19.9 Å². The maximum absolute atomic E-state index is 15.4. The number of aromatic nitrogens is 4. The maximum atomic E-state index is 15.4. The van der Waals surface area contributed by atoms with Gasteiger partial charge in [0.25, 0.3) is 0 Å². The van der Waals surface area contributed by atoms with Gasteiger partial charge in [-0.15, -0.1) is 0 Å². The minimum absolute atomic E-state index is 0.0799. The molecular formula is C34H16F10N4O. The third-order valence-electron chi connectivity index (χ3n) is 8.29. The highest BCUT2D eigenvalue weighted by atomic mass is 19.2. The number of rotatable bonds is 2. The second-order valence-electron chi connectivity index (χ2n) is 11.6. The minimum Gasteiger partial charge on any atom is -0.355 e. The maximum Gasteiger partial charge on any atom is 0.200 e. The third-order valence-corrected chi connectivity index (χ3v) is 8.29. The average Bonchev–Trinajstić information content (AvgIpc) is 3.88. The van der Waals surface area contributed by atoms with E-state index in [1.54, 1.807) is 13.8 Å². The molecule has 0 amide bonds. The van der Waals surface area contributed by atoms with Crippen LogP contribution in [0.2, 0.25) is 0 Å². The zero-order valence-corrected chi connectivity index (χ0v) is 24.7. The zero-order valence-electron chi connectivity index (χ0n) is 24.7. The molecule has 2 aromatic carbocycles. The normalized spacial score (nSPS) is 13.8. The Bertz CT molecular complexity index is 2460. The number of Topliss-reactive ketones (excluding diaryl/α,β-unsaturated/α-hetero) is 1. The molecule has 0 atom stereocenters. The predicted molar refractivity (Wildman–Crippen MR) is 158 cm³/mol. The van der Waals surface area contributed by atoms with E-state index in [-0.39, 0.29) is 33.5 Å². The van der Waals surface area contributed by atoms with Gasteiger partial charge in [0.1, 0.15) is 5.69 Å². The second-order valence-corrected chi connectivity index (χ2v) is 11.6. The van der Waals surface area contributed by atoms with E-state index in [9.17, 15) is 31.1 Å². The topological polar surface area (TPSA) is 74.4 Å². The van der Waals surface area contributed by atoms with Crippen molar-refractivity contribution in [1.29, 1.82) is 0 Å². The monoisotopic (exact) mass is 686 g/mol. The van der Waals surface area contributed by atoms with Crippen LogP contribution in [0.4, 0.5) is 43.9 Å². The molecule has 0 saturated heterocycles. The molecule has 0 unspecified atom stereocenters. The van der Waals surface area contributed by atoms with Crippen LogP contribution >= 0.6 is 0 Å². The first-order valence-corrected chi connectivity index (χ1v) is 14.1. The smallest absolute Gasteiger partial charge is 0.200 e. The van der Waals surface area contributed by atoms with Gasteiger partial charge in [-0.1, -0.05) is 0 Å². The third kappa shape index (κ3) is 4.66. The van der Waals surface area contributed by atoms with Gasteiger partial charge in [-0.3, -0.25) is 4.79 Å². The number of fused-ring (bicyclic) bond motifs is 8. The van der Waals surface area contributed by atoms with Gasteiger partial charge in [-0.05, 0) is 62.4 Å². The molecule has 2 N–H and O–H groups in total. The minimum atomic E-state index is -2.45. The molecule has 5 nitrogen and oxygen atoms in total. The summed E-state index contributed by atoms with van der Waals surface area (Å²) in [6.45, 7) is 3.11. The van der Waals surface area contributed by atoms with E-state index in [0.29, 0.717) is 0 Å². The van der Waals surface area contributed by atoms with Crippen molar-refractivity contribution < 1.29 is 48.7 Å². The van der Waals surface area contributed by atoms with E-state index in [4.69, 9.17) is 0 Å². The van der Waals surface area contributed by atoms with Crippen LogP contribution in [0.1, 0.15) is 41.4 Å². The van der Waals surface area contributed by atoms with E-state index in [0.717, 1.165) is 12.2 Å². The van der Waals surface area contributed by atoms with E-state index in [2.05, 4.69) is 19.9 Å². The van der Waals surface area contributed by atoms with Gasteiger partial charge in [0.05, 0.1) is 33.6 Å². The summed E-state index contributed by atoms with van der Waals surface area (Å²) < 4.78 is 148. The Hall–Kier alpha value is -5.73. The highest BCUT2D eigenvalue weighted by molar-refractivity contribution is 6.05. The summed E-state index contributed by atoms with van der Waals surface area (Å²) >= 11 is 0. The van der Waals surface area contributed by atoms with Gasteiger partial charge in [0, 0.05) is 33.2 Å². The molecule has 5 heterocycles. The van der Waals surface area contributed by atoms with Crippen molar-refractivity contribution >= 4 is 40.0 Å². The SMILES string of the molecule is CC1(C)C(=O)c2cc3ccc([nH]3)c(-c3c(F)c(F)c(F)c(F)c3F)c3nc(c(-c4c(F)c(F)c(F)c(F)c4F)c4ccc(cc1n2)[nH]4)C=C3. The summed E-state index contributed by atoms with van der Waals surface area (Å²) in [5.74, 6) is -23.5. The number of hydrogen-bond donors (Lipinski definition) is 2. The highest BCUT2D eigenvalue weighted by Gasteiger charge is 2.38. The van der Waals surface area contributed by atoms with Gasteiger partial charge in [-0.2, -0.15) is 0 Å². The van der Waals surface area contributed by atoms with Gasteiger partial charge in [0.2, 0.25) is 11.6 Å². The molecule has 0 fully saturated rings. The molecule has 15 heteroatoms. The Morgan fingerprint density at radius 3 is 1.33 bits per heavy atom. The van der Waals surface area contributed by atoms with E-state index >= 15 is 17.6 Å². The number of hydrogen-bond acceptors (Lipinski definition) is 3. The van der Waals surface area contributed by atoms with Crippen molar-refractivity contribution in [3.63, 3.8) is 0 Å². The number of H-pyrrole nitrogens is 2. The van der Waals surface area contributed by atoms with Crippen molar-refractivity contribution in [3.05, 3.63) is 117 Å². The number of carbonyl (C=O) groups is 1. The van der Waals surface area contributed by atoms with Crippen LogP contribution in [0.3, 0.4) is 0 Å². The summed E-state index contributed by atoms with van der Waals surface area (Å²) in [6.07, 6.45) is 1.98. The molecule has 0 aliphatic carbocycles. The molecule has 49 heavy (non-hydrogen) atoms. The summed E-state index contributed by atoms with van der Waals surface area (Å²) in [4.78, 5) is 27.4. The Morgan fingerprint density at radius 2 is 0.898 bits per heavy atom. The second kappa shape index (κ2) is 10.9. The largest absolute Gasteiger partial charge is 0.355 e. The first-order valence-electron chi connectivity index (χ1n) is 14.1. The lowest BCUT2D eigenvalue weighted by atomic mass is 9.85. The zero-order chi connectivity index (χ0) is 35.3. The summed E-state index contributed by atoms with van der Waals surface area (Å²) in [5.41, 5.74) is -6.81. The molecule has 0 saturated carbocycles. The Kier molecular flexibility index (Phi) is 7.08. The quantitative estimate of drug-likeness (QED) is 0.108. The van der Waals surface area contributed by atoms with Gasteiger partial charge >= 0.3 is 0 Å². The lowest BCUT2D eigenvalue weighted by Gasteiger charge is -2.13. The molecule has 0 radical (unpaired) electrons. The first kappa shape index (κ1) is 31.8. The van der Waals surface area contributed by atoms with Crippen molar-refractivity contribution in [2.24, 2.45) is 0 Å². The molecule has 8 bridgehead atoms. The van der Waals surface area contributed by atoms with E-state index in [1.807, 2.05) is 0 Å². The Labute approximate surface area is 267 Å². The van der Waals surface area contributed by atoms with Crippen molar-refractivity contribution in [3.8, 4) is 22.3 Å². The van der Waals surface area contributed by atoms with Gasteiger partial charge in [0.15, 0.2) is 52.3 Å². The number of benzene rings is 2. The van der Waals surface area contributed by atoms with Crippen LogP contribution in [-0.4, -0.2) is 25.7 Å². The standard InChI is InChI=1S/C34H16F10N4O/c1-34(2)18-10-12-4-6-14(46-12)20(22-25(37)29(41)32(44)30(42)26(22)38)16-8-7-15(47-16)19(21-23(35)27(39)31(43)28(40)24(21)36)13-5-3-11(45-13)9-17(48-18)33(34)49/h3-10,45-46H,1-2H3.